The SMILES string of the molecule is CC[C@@H]1OC(=O)[C@H](C)C(=O)[C@H](C)[C@@H](O[C@@H]2O[C@H](C)C[C@H](N(C)C)[C@H]2O)[C@@](C)(OCC#Cc2cc(-c3ccc(C#N)cc3)no2)C[C@@H](C)C(=O)[C@@H](C)[C@H]2NC(=O)O[C@]12C. The molecule has 3 aliphatic heterocycles. The third-order valence-corrected chi connectivity index (χ3v) is 12.0. The van der Waals surface area contributed by atoms with Crippen molar-refractivity contribution in [3.8, 4) is 29.2 Å². The standard InChI is InChI=1S/C43H56N4O11/c1-11-33-43(8)37(45-41(52)57-43)25(4)34(48)23(2)21-42(7,53-18-12-13-30-20-31(46-58-30)29-16-14-28(22-44)15-17-29)38(26(5)35(49)27(6)39(51)55-33)56-40-36(50)32(47(9)10)19-24(3)54-40/h14-17,20,23-27,32-33,36-38,40,50H,11,18-19,21H2,1-10H3,(H,45,52)/t23-,24-,25-,26+,27-,32+,33+,36-,37-,38-,40+,42+,43-/m1/s1. The van der Waals surface area contributed by atoms with Crippen LogP contribution in [-0.4, -0.2) is 113 Å². The fourth-order valence-electron chi connectivity index (χ4n) is 8.64. The Morgan fingerprint density at radius 1 is 1.03 bits per heavy atom. The third-order valence-electron chi connectivity index (χ3n) is 12.0. The average molecular weight is 805 g/mol. The summed E-state index contributed by atoms with van der Waals surface area (Å²) in [5.74, 6) is 0.633. The maximum atomic E-state index is 14.4. The number of nitrogens with zero attached hydrogens (tertiary/aromatic N) is 3. The molecule has 2 aromatic rings. The minimum atomic E-state index is -1.47. The van der Waals surface area contributed by atoms with E-state index in [0.29, 0.717) is 17.7 Å². The van der Waals surface area contributed by atoms with E-state index in [1.54, 1.807) is 71.9 Å². The first-order chi connectivity index (χ1) is 27.3. The molecule has 1 aromatic heterocycles. The number of Topliss-reactive ketones (excluding diaryl/α,β-unsaturated/α-hetero) is 2. The van der Waals surface area contributed by atoms with Crippen LogP contribution < -0.4 is 5.32 Å². The number of amides is 1. The van der Waals surface area contributed by atoms with E-state index in [0.717, 1.165) is 5.56 Å². The van der Waals surface area contributed by atoms with E-state index >= 15 is 0 Å². The first-order valence-corrected chi connectivity index (χ1v) is 19.9. The molecule has 15 heteroatoms. The van der Waals surface area contributed by atoms with Crippen molar-refractivity contribution in [3.63, 3.8) is 0 Å². The van der Waals surface area contributed by atoms with Gasteiger partial charge >= 0.3 is 12.1 Å². The van der Waals surface area contributed by atoms with Gasteiger partial charge in [0.15, 0.2) is 17.7 Å². The molecule has 0 spiro atoms. The Hall–Kier alpha value is -4.64. The van der Waals surface area contributed by atoms with Crippen LogP contribution in [0, 0.1) is 46.8 Å². The molecule has 0 bridgehead atoms. The van der Waals surface area contributed by atoms with Crippen LogP contribution >= 0.6 is 0 Å². The van der Waals surface area contributed by atoms with Crippen molar-refractivity contribution in [1.29, 1.82) is 5.26 Å². The monoisotopic (exact) mass is 804 g/mol. The molecule has 3 aliphatic rings. The van der Waals surface area contributed by atoms with Crippen molar-refractivity contribution >= 4 is 23.6 Å². The lowest BCUT2D eigenvalue weighted by Gasteiger charge is -2.47. The Labute approximate surface area is 340 Å². The molecular formula is C43H56N4O11. The number of aliphatic hydroxyl groups excluding tert-OH is 1. The summed E-state index contributed by atoms with van der Waals surface area (Å²) in [6, 6.07) is 9.38. The smallest absolute Gasteiger partial charge is 0.408 e. The number of nitriles is 1. The van der Waals surface area contributed by atoms with Gasteiger partial charge in [0.05, 0.1) is 35.5 Å². The van der Waals surface area contributed by atoms with Gasteiger partial charge in [0.2, 0.25) is 5.76 Å². The van der Waals surface area contributed by atoms with Crippen LogP contribution in [0.4, 0.5) is 4.79 Å². The topological polar surface area (TPSA) is 200 Å². The van der Waals surface area contributed by atoms with Gasteiger partial charge in [-0.2, -0.15) is 5.26 Å². The Balaban J connectivity index is 1.54. The number of esters is 1. The highest BCUT2D eigenvalue weighted by Gasteiger charge is 2.57. The molecule has 314 valence electrons. The number of likely N-dealkylation sites (N-methyl/N-ethyl adjacent to an activating group) is 1. The molecule has 3 saturated heterocycles. The number of aliphatic hydroxyl groups is 1. The number of carbonyl (C=O) groups excluding carboxylic acids is 4. The molecule has 58 heavy (non-hydrogen) atoms. The molecule has 4 heterocycles. The summed E-state index contributed by atoms with van der Waals surface area (Å²) < 4.78 is 36.6. The number of rotatable bonds is 7. The van der Waals surface area contributed by atoms with Crippen LogP contribution in [0.2, 0.25) is 0 Å². The fourth-order valence-corrected chi connectivity index (χ4v) is 8.64. The molecule has 13 atom stereocenters. The Morgan fingerprint density at radius 3 is 2.36 bits per heavy atom. The van der Waals surface area contributed by atoms with E-state index in [2.05, 4.69) is 28.4 Å². The highest BCUT2D eigenvalue weighted by Crippen LogP contribution is 2.40. The second kappa shape index (κ2) is 18.1. The van der Waals surface area contributed by atoms with E-state index in [-0.39, 0.29) is 43.1 Å². The number of nitrogens with one attached hydrogen (secondary N) is 1. The maximum Gasteiger partial charge on any atom is 0.408 e. The summed E-state index contributed by atoms with van der Waals surface area (Å²) >= 11 is 0. The lowest BCUT2D eigenvalue weighted by molar-refractivity contribution is -0.296. The fraction of sp³-hybridized carbons (Fsp3) is 0.628. The van der Waals surface area contributed by atoms with Gasteiger partial charge in [0.1, 0.15) is 36.2 Å². The second-order valence-corrected chi connectivity index (χ2v) is 16.5. The number of hydrogen-bond donors (Lipinski definition) is 2. The summed E-state index contributed by atoms with van der Waals surface area (Å²) in [7, 11) is 3.69. The quantitative estimate of drug-likeness (QED) is 0.226. The summed E-state index contributed by atoms with van der Waals surface area (Å²) in [5.41, 5.74) is -1.12. The minimum absolute atomic E-state index is 0.00897. The van der Waals surface area contributed by atoms with Gasteiger partial charge in [-0.05, 0) is 79.1 Å². The van der Waals surface area contributed by atoms with E-state index in [1.165, 1.54) is 6.92 Å². The number of carbonyl (C=O) groups is 4. The van der Waals surface area contributed by atoms with Gasteiger partial charge in [-0.1, -0.05) is 50.9 Å². The van der Waals surface area contributed by atoms with Crippen LogP contribution in [-0.2, 0) is 38.1 Å². The highest BCUT2D eigenvalue weighted by atomic mass is 16.7. The number of ether oxygens (including phenoxy) is 5. The number of benzene rings is 1. The van der Waals surface area contributed by atoms with E-state index in [9.17, 15) is 24.3 Å². The van der Waals surface area contributed by atoms with Gasteiger partial charge in [-0.3, -0.25) is 14.4 Å². The van der Waals surface area contributed by atoms with Crippen LogP contribution in [0.1, 0.15) is 86.0 Å². The summed E-state index contributed by atoms with van der Waals surface area (Å²) in [5, 5.41) is 27.6. The highest BCUT2D eigenvalue weighted by molar-refractivity contribution is 6.00. The Morgan fingerprint density at radius 2 is 1.72 bits per heavy atom. The van der Waals surface area contributed by atoms with Crippen molar-refractivity contribution in [3.05, 3.63) is 41.7 Å². The lowest BCUT2D eigenvalue weighted by atomic mass is 9.73. The molecule has 0 aliphatic carbocycles. The third kappa shape index (κ3) is 9.30. The predicted octanol–water partition coefficient (Wildman–Crippen LogP) is 4.43. The first-order valence-electron chi connectivity index (χ1n) is 19.9. The molecule has 0 radical (unpaired) electrons. The molecule has 0 unspecified atom stereocenters. The number of fused-ring (bicyclic) bond motifs is 1. The number of hydrogen-bond acceptors (Lipinski definition) is 14. The maximum absolute atomic E-state index is 14.4. The Bertz CT molecular complexity index is 1930. The Kier molecular flexibility index (Phi) is 13.9. The number of ketones is 2. The van der Waals surface area contributed by atoms with E-state index in [1.807, 2.05) is 25.9 Å². The molecular weight excluding hydrogens is 748 g/mol. The number of cyclic esters (lactones) is 1. The first kappa shape index (κ1) is 44.5. The van der Waals surface area contributed by atoms with Gasteiger partial charge in [0.25, 0.3) is 0 Å². The van der Waals surface area contributed by atoms with Gasteiger partial charge in [0, 0.05) is 35.4 Å². The van der Waals surface area contributed by atoms with Gasteiger partial charge in [-0.25, -0.2) is 4.79 Å². The van der Waals surface area contributed by atoms with Crippen molar-refractivity contribution in [1.82, 2.24) is 15.4 Å². The van der Waals surface area contributed by atoms with Crippen molar-refractivity contribution < 1.29 is 52.5 Å². The minimum Gasteiger partial charge on any atom is -0.458 e. The zero-order valence-electron chi connectivity index (χ0n) is 34.9. The number of alkyl carbamates (subject to hydrolysis) is 1. The average Bonchev–Trinajstić information content (AvgIpc) is 3.80. The van der Waals surface area contributed by atoms with Crippen LogP contribution in [0.3, 0.4) is 0 Å². The van der Waals surface area contributed by atoms with Crippen molar-refractivity contribution in [2.45, 2.75) is 129 Å². The van der Waals surface area contributed by atoms with Crippen LogP contribution in [0.15, 0.2) is 34.9 Å². The zero-order chi connectivity index (χ0) is 42.7. The second-order valence-electron chi connectivity index (χ2n) is 16.5. The molecule has 1 aromatic carbocycles. The lowest BCUT2D eigenvalue weighted by Crippen LogP contribution is -2.60. The summed E-state index contributed by atoms with van der Waals surface area (Å²) in [6.07, 6.45) is -4.78. The van der Waals surface area contributed by atoms with Gasteiger partial charge in [-0.15, -0.1) is 0 Å². The summed E-state index contributed by atoms with van der Waals surface area (Å²) in [4.78, 5) is 57.3. The van der Waals surface area contributed by atoms with Crippen molar-refractivity contribution in [2.24, 2.45) is 23.7 Å². The largest absolute Gasteiger partial charge is 0.458 e. The van der Waals surface area contributed by atoms with E-state index in [4.69, 9.17) is 33.5 Å². The summed E-state index contributed by atoms with van der Waals surface area (Å²) in [6.45, 7) is 13.3. The molecule has 1 amide bonds. The van der Waals surface area contributed by atoms with Crippen LogP contribution in [0.5, 0.6) is 0 Å². The molecule has 15 nitrogen and oxygen atoms in total. The zero-order valence-corrected chi connectivity index (χ0v) is 34.9. The molecule has 3 fully saturated rings. The van der Waals surface area contributed by atoms with E-state index < -0.39 is 83.4 Å². The van der Waals surface area contributed by atoms with Crippen molar-refractivity contribution in [2.75, 3.05) is 20.7 Å². The van der Waals surface area contributed by atoms with Gasteiger partial charge < -0.3 is 43.5 Å². The molecule has 2 N–H and O–H groups in total. The normalized spacial score (nSPS) is 36.1. The number of aromatic nitrogens is 1. The molecule has 5 rings (SSSR count). The molecule has 0 saturated carbocycles. The predicted molar refractivity (Wildman–Crippen MR) is 208 cm³/mol. The van der Waals surface area contributed by atoms with Crippen LogP contribution in [0.25, 0.3) is 11.3 Å².